The maximum Gasteiger partial charge on any atom is 0.128 e. The van der Waals surface area contributed by atoms with Crippen LogP contribution in [-0.4, -0.2) is 55.4 Å². The number of rotatable bonds is 0. The molecule has 0 aliphatic carbocycles. The van der Waals surface area contributed by atoms with E-state index in [-0.39, 0.29) is 6.17 Å². The number of nitrogens with zero attached hydrogens (tertiary/aromatic N) is 3. The first-order valence-corrected chi connectivity index (χ1v) is 8.07. The minimum Gasteiger partial charge on any atom is -0.306 e. The number of piperidine rings is 1. The number of fused-ring (bicyclic) bond motifs is 2. The third-order valence-corrected chi connectivity index (χ3v) is 5.11. The lowest BCUT2D eigenvalue weighted by Crippen LogP contribution is -2.33. The first kappa shape index (κ1) is 13.2. The van der Waals surface area contributed by atoms with Crippen LogP contribution in [0, 0.1) is 0 Å². The van der Waals surface area contributed by atoms with Gasteiger partial charge in [0.1, 0.15) is 6.17 Å². The Morgan fingerprint density at radius 1 is 1.05 bits per heavy atom. The monoisotopic (exact) mass is 281 g/mol. The number of likely N-dealkylation sites (tertiary alicyclic amines) is 1. The van der Waals surface area contributed by atoms with Gasteiger partial charge in [0.05, 0.1) is 0 Å². The summed E-state index contributed by atoms with van der Waals surface area (Å²) < 4.78 is 0. The topological polar surface area (TPSA) is 18.8 Å². The van der Waals surface area contributed by atoms with Crippen molar-refractivity contribution in [1.82, 2.24) is 9.80 Å². The Hall–Kier alpha value is -1.45. The molecule has 1 unspecified atom stereocenters. The van der Waals surface area contributed by atoms with Gasteiger partial charge in [-0.05, 0) is 43.0 Å². The second-order valence-electron chi connectivity index (χ2n) is 6.43. The molecule has 3 heteroatoms. The van der Waals surface area contributed by atoms with Crippen molar-refractivity contribution in [2.45, 2.75) is 25.4 Å². The van der Waals surface area contributed by atoms with Crippen LogP contribution in [0.1, 0.15) is 24.0 Å². The lowest BCUT2D eigenvalue weighted by molar-refractivity contribution is 0.295. The molecule has 0 bridgehead atoms. The van der Waals surface area contributed by atoms with Gasteiger partial charge in [-0.15, -0.1) is 0 Å². The van der Waals surface area contributed by atoms with Gasteiger partial charge in [-0.2, -0.15) is 0 Å². The van der Waals surface area contributed by atoms with Crippen LogP contribution < -0.4 is 0 Å². The van der Waals surface area contributed by atoms with Gasteiger partial charge in [-0.25, -0.2) is 0 Å². The van der Waals surface area contributed by atoms with Crippen molar-refractivity contribution in [1.29, 1.82) is 0 Å². The highest BCUT2D eigenvalue weighted by atomic mass is 15.3. The molecular formula is C18H23N3. The Kier molecular flexibility index (Phi) is 3.40. The summed E-state index contributed by atoms with van der Waals surface area (Å²) >= 11 is 0. The predicted molar refractivity (Wildman–Crippen MR) is 87.7 cm³/mol. The molecule has 0 radical (unpaired) electrons. The normalized spacial score (nSPS) is 26.6. The smallest absolute Gasteiger partial charge is 0.128 e. The van der Waals surface area contributed by atoms with Crippen molar-refractivity contribution in [3.63, 3.8) is 0 Å². The highest BCUT2D eigenvalue weighted by molar-refractivity contribution is 5.79. The molecular weight excluding hydrogens is 258 g/mol. The summed E-state index contributed by atoms with van der Waals surface area (Å²) in [5, 5.41) is 0. The fourth-order valence-electron chi connectivity index (χ4n) is 3.85. The largest absolute Gasteiger partial charge is 0.306 e. The van der Waals surface area contributed by atoms with Crippen molar-refractivity contribution in [3.8, 4) is 0 Å². The van der Waals surface area contributed by atoms with E-state index >= 15 is 0 Å². The van der Waals surface area contributed by atoms with Gasteiger partial charge in [-0.3, -0.25) is 9.89 Å². The van der Waals surface area contributed by atoms with Gasteiger partial charge in [0.2, 0.25) is 0 Å². The van der Waals surface area contributed by atoms with Crippen LogP contribution >= 0.6 is 0 Å². The first-order chi connectivity index (χ1) is 10.3. The van der Waals surface area contributed by atoms with Gasteiger partial charge in [0.25, 0.3) is 0 Å². The Morgan fingerprint density at radius 2 is 1.86 bits per heavy atom. The van der Waals surface area contributed by atoms with Crippen LogP contribution in [0.5, 0.6) is 0 Å². The van der Waals surface area contributed by atoms with Gasteiger partial charge in [0.15, 0.2) is 0 Å². The third-order valence-electron chi connectivity index (χ3n) is 5.11. The molecule has 1 saturated heterocycles. The fraction of sp³-hybridized carbons (Fsp3) is 0.500. The minimum atomic E-state index is 0.270. The summed E-state index contributed by atoms with van der Waals surface area (Å²) in [6.45, 7) is 4.49. The fourth-order valence-corrected chi connectivity index (χ4v) is 3.85. The first-order valence-electron chi connectivity index (χ1n) is 8.07. The van der Waals surface area contributed by atoms with Crippen LogP contribution in [0.3, 0.4) is 0 Å². The van der Waals surface area contributed by atoms with Gasteiger partial charge < -0.3 is 4.90 Å². The summed E-state index contributed by atoms with van der Waals surface area (Å²) in [5.41, 5.74) is 6.12. The summed E-state index contributed by atoms with van der Waals surface area (Å²) in [7, 11) is 2.22. The lowest BCUT2D eigenvalue weighted by atomic mass is 9.89. The van der Waals surface area contributed by atoms with E-state index in [2.05, 4.69) is 47.3 Å². The minimum absolute atomic E-state index is 0.270. The zero-order valence-electron chi connectivity index (χ0n) is 12.8. The van der Waals surface area contributed by atoms with Crippen molar-refractivity contribution in [2.75, 3.05) is 33.2 Å². The second kappa shape index (κ2) is 5.39. The second-order valence-corrected chi connectivity index (χ2v) is 6.43. The predicted octanol–water partition coefficient (Wildman–Crippen LogP) is 2.43. The van der Waals surface area contributed by atoms with Crippen LogP contribution in [0.2, 0.25) is 0 Å². The van der Waals surface area contributed by atoms with Gasteiger partial charge >= 0.3 is 0 Å². The third kappa shape index (κ3) is 2.34. The average molecular weight is 281 g/mol. The summed E-state index contributed by atoms with van der Waals surface area (Å²) in [6.07, 6.45) is 5.91. The van der Waals surface area contributed by atoms with Crippen LogP contribution in [0.15, 0.2) is 34.8 Å². The summed E-state index contributed by atoms with van der Waals surface area (Å²) in [5.74, 6) is 0. The molecule has 0 saturated carbocycles. The summed E-state index contributed by atoms with van der Waals surface area (Å²) in [4.78, 5) is 9.78. The molecule has 21 heavy (non-hydrogen) atoms. The van der Waals surface area contributed by atoms with Gasteiger partial charge in [-0.1, -0.05) is 29.8 Å². The standard InChI is InChI=1S/C18H23N3/c1-20-10-6-15(7-11-20)17-16-5-3-2-4-14(16)8-12-21-13-9-19-18(17)21/h2-5,9,18H,6-8,10-13H2,1H3. The number of hydrogen-bond donors (Lipinski definition) is 0. The molecule has 3 aliphatic rings. The SMILES string of the molecule is CN1CCC(=C2c3ccccc3CCN3CC=NC23)CC1. The molecule has 110 valence electrons. The Balaban J connectivity index is 1.83. The van der Waals surface area contributed by atoms with E-state index in [0.29, 0.717) is 0 Å². The molecule has 1 fully saturated rings. The molecule has 1 atom stereocenters. The molecule has 0 spiro atoms. The van der Waals surface area contributed by atoms with E-state index in [1.54, 1.807) is 5.57 Å². The quantitative estimate of drug-likeness (QED) is 0.727. The number of benzene rings is 1. The van der Waals surface area contributed by atoms with Crippen LogP contribution in [0.25, 0.3) is 5.57 Å². The van der Waals surface area contributed by atoms with E-state index in [4.69, 9.17) is 4.99 Å². The van der Waals surface area contributed by atoms with Crippen molar-refractivity contribution in [2.24, 2.45) is 4.99 Å². The molecule has 0 aromatic heterocycles. The van der Waals surface area contributed by atoms with Crippen LogP contribution in [-0.2, 0) is 6.42 Å². The van der Waals surface area contributed by atoms with Crippen LogP contribution in [0.4, 0.5) is 0 Å². The molecule has 4 rings (SSSR count). The molecule has 3 nitrogen and oxygen atoms in total. The van der Waals surface area contributed by atoms with E-state index in [1.807, 2.05) is 0 Å². The maximum atomic E-state index is 4.82. The van der Waals surface area contributed by atoms with E-state index in [1.165, 1.54) is 42.6 Å². The lowest BCUT2D eigenvalue weighted by Gasteiger charge is -2.30. The number of hydrogen-bond acceptors (Lipinski definition) is 3. The highest BCUT2D eigenvalue weighted by Gasteiger charge is 2.32. The van der Waals surface area contributed by atoms with Crippen molar-refractivity contribution in [3.05, 3.63) is 41.0 Å². The van der Waals surface area contributed by atoms with Crippen molar-refractivity contribution < 1.29 is 0 Å². The summed E-state index contributed by atoms with van der Waals surface area (Å²) in [6, 6.07) is 8.97. The molecule has 3 aliphatic heterocycles. The van der Waals surface area contributed by atoms with E-state index < -0.39 is 0 Å². The maximum absolute atomic E-state index is 4.82. The molecule has 0 N–H and O–H groups in total. The van der Waals surface area contributed by atoms with E-state index in [0.717, 1.165) is 19.5 Å². The highest BCUT2D eigenvalue weighted by Crippen LogP contribution is 2.37. The zero-order valence-corrected chi connectivity index (χ0v) is 12.8. The molecule has 3 heterocycles. The zero-order chi connectivity index (χ0) is 14.2. The van der Waals surface area contributed by atoms with Crippen molar-refractivity contribution >= 4 is 11.8 Å². The molecule has 1 aromatic rings. The number of aliphatic imine (C=N–C) groups is 1. The Morgan fingerprint density at radius 3 is 2.71 bits per heavy atom. The van der Waals surface area contributed by atoms with E-state index in [9.17, 15) is 0 Å². The Bertz CT molecular complexity index is 592. The molecule has 1 aromatic carbocycles. The average Bonchev–Trinajstić information content (AvgIpc) is 2.91. The molecule has 0 amide bonds. The van der Waals surface area contributed by atoms with Gasteiger partial charge in [0, 0.05) is 32.4 Å². The Labute approximate surface area is 127 Å².